The quantitative estimate of drug-likeness (QED) is 0.400. The summed E-state index contributed by atoms with van der Waals surface area (Å²) in [4.78, 5) is 31.7. The minimum atomic E-state index is -4.56. The zero-order valence-corrected chi connectivity index (χ0v) is 21.3. The zero-order valence-electron chi connectivity index (χ0n) is 21.3. The van der Waals surface area contributed by atoms with Crippen molar-refractivity contribution in [3.63, 3.8) is 0 Å². The summed E-state index contributed by atoms with van der Waals surface area (Å²) in [5.74, 6) is -2.52. The van der Waals surface area contributed by atoms with Gasteiger partial charge in [0.25, 0.3) is 5.56 Å². The first-order valence-corrected chi connectivity index (χ1v) is 12.7. The lowest BCUT2D eigenvalue weighted by molar-refractivity contribution is -0.162. The predicted molar refractivity (Wildman–Crippen MR) is 138 cm³/mol. The number of fused-ring (bicyclic) bond motifs is 1. The van der Waals surface area contributed by atoms with Crippen molar-refractivity contribution in [3.8, 4) is 5.69 Å². The molecule has 1 aliphatic rings. The standard InChI is InChI=1S/C28H28F3N5O3/c1-19-7-9-21(10-8-19)36-25-22(16-33-36)26(38)35(18-32-25)17-27(39)11-13-34(14-12-27)24(37)15-23(28(29,30)31)20-5-3-2-4-6-20/h2-10,16,18,23,39H,11-15,17H2,1H3/t23-/m0/s1. The number of aliphatic hydroxyl groups is 1. The number of amides is 1. The van der Waals surface area contributed by atoms with Gasteiger partial charge in [0.2, 0.25) is 5.91 Å². The molecule has 8 nitrogen and oxygen atoms in total. The van der Waals surface area contributed by atoms with E-state index in [4.69, 9.17) is 0 Å². The number of benzene rings is 2. The largest absolute Gasteiger partial charge is 0.396 e. The van der Waals surface area contributed by atoms with E-state index in [2.05, 4.69) is 10.1 Å². The molecule has 0 aliphatic carbocycles. The van der Waals surface area contributed by atoms with Crippen molar-refractivity contribution < 1.29 is 23.1 Å². The number of carbonyl (C=O) groups excluding carboxylic acids is 1. The molecule has 1 fully saturated rings. The van der Waals surface area contributed by atoms with Crippen LogP contribution >= 0.6 is 0 Å². The second-order valence-corrected chi connectivity index (χ2v) is 10.1. The maximum atomic E-state index is 13.7. The lowest BCUT2D eigenvalue weighted by Gasteiger charge is -2.39. The topological polar surface area (TPSA) is 93.2 Å². The molecule has 2 aromatic carbocycles. The van der Waals surface area contributed by atoms with Crippen LogP contribution in [-0.4, -0.2) is 60.1 Å². The van der Waals surface area contributed by atoms with Crippen molar-refractivity contribution in [3.05, 3.63) is 88.6 Å². The van der Waals surface area contributed by atoms with Gasteiger partial charge in [0, 0.05) is 19.5 Å². The highest BCUT2D eigenvalue weighted by Crippen LogP contribution is 2.38. The van der Waals surface area contributed by atoms with Crippen LogP contribution in [0.3, 0.4) is 0 Å². The van der Waals surface area contributed by atoms with Crippen LogP contribution in [0.4, 0.5) is 13.2 Å². The van der Waals surface area contributed by atoms with E-state index in [0.29, 0.717) is 11.0 Å². The van der Waals surface area contributed by atoms with Gasteiger partial charge in [-0.15, -0.1) is 0 Å². The van der Waals surface area contributed by atoms with Crippen LogP contribution in [0.15, 0.2) is 71.9 Å². The van der Waals surface area contributed by atoms with E-state index >= 15 is 0 Å². The summed E-state index contributed by atoms with van der Waals surface area (Å²) in [6.45, 7) is 2.09. The van der Waals surface area contributed by atoms with Crippen LogP contribution in [0.1, 0.15) is 36.3 Å². The third kappa shape index (κ3) is 5.58. The molecule has 1 N–H and O–H groups in total. The maximum Gasteiger partial charge on any atom is 0.396 e. The molecule has 0 radical (unpaired) electrons. The van der Waals surface area contributed by atoms with E-state index in [1.807, 2.05) is 31.2 Å². The second kappa shape index (κ2) is 10.3. The molecule has 0 unspecified atom stereocenters. The third-order valence-corrected chi connectivity index (χ3v) is 7.32. The normalized spacial score (nSPS) is 16.4. The van der Waals surface area contributed by atoms with Crippen molar-refractivity contribution >= 4 is 16.9 Å². The van der Waals surface area contributed by atoms with Gasteiger partial charge in [0.1, 0.15) is 11.7 Å². The highest BCUT2D eigenvalue weighted by Gasteiger charge is 2.43. The van der Waals surface area contributed by atoms with Crippen LogP contribution in [0.25, 0.3) is 16.7 Å². The number of carbonyl (C=O) groups is 1. The molecule has 5 rings (SSSR count). The summed E-state index contributed by atoms with van der Waals surface area (Å²) < 4.78 is 44.0. The van der Waals surface area contributed by atoms with Gasteiger partial charge in [-0.1, -0.05) is 48.0 Å². The molecular weight excluding hydrogens is 511 g/mol. The van der Waals surface area contributed by atoms with Gasteiger partial charge in [0.05, 0.1) is 29.9 Å². The molecule has 1 saturated heterocycles. The van der Waals surface area contributed by atoms with E-state index in [-0.39, 0.29) is 43.6 Å². The van der Waals surface area contributed by atoms with Crippen LogP contribution < -0.4 is 5.56 Å². The highest BCUT2D eigenvalue weighted by atomic mass is 19.4. The second-order valence-electron chi connectivity index (χ2n) is 10.1. The summed E-state index contributed by atoms with van der Waals surface area (Å²) in [5, 5.41) is 15.8. The molecule has 3 heterocycles. The molecule has 39 heavy (non-hydrogen) atoms. The summed E-state index contributed by atoms with van der Waals surface area (Å²) in [6, 6.07) is 15.0. The monoisotopic (exact) mass is 539 g/mol. The van der Waals surface area contributed by atoms with Gasteiger partial charge in [-0.2, -0.15) is 18.3 Å². The molecule has 11 heteroatoms. The minimum Gasteiger partial charge on any atom is -0.388 e. The van der Waals surface area contributed by atoms with Gasteiger partial charge in [-0.3, -0.25) is 14.2 Å². The number of hydrogen-bond acceptors (Lipinski definition) is 5. The van der Waals surface area contributed by atoms with Crippen LogP contribution in [-0.2, 0) is 11.3 Å². The van der Waals surface area contributed by atoms with Crippen LogP contribution in [0.5, 0.6) is 0 Å². The summed E-state index contributed by atoms with van der Waals surface area (Å²) >= 11 is 0. The average molecular weight is 540 g/mol. The molecule has 4 aromatic rings. The van der Waals surface area contributed by atoms with Gasteiger partial charge in [-0.05, 0) is 37.5 Å². The van der Waals surface area contributed by atoms with Crippen LogP contribution in [0, 0.1) is 6.92 Å². The van der Waals surface area contributed by atoms with Crippen molar-refractivity contribution in [1.82, 2.24) is 24.2 Å². The number of aryl methyl sites for hydroxylation is 1. The van der Waals surface area contributed by atoms with E-state index in [9.17, 15) is 27.9 Å². The van der Waals surface area contributed by atoms with E-state index in [0.717, 1.165) is 11.3 Å². The molecule has 0 spiro atoms. The molecular formula is C28H28F3N5O3. The molecule has 1 amide bonds. The van der Waals surface area contributed by atoms with E-state index in [1.54, 1.807) is 10.7 Å². The Labute approximate surface area is 222 Å². The Kier molecular flexibility index (Phi) is 7.02. The zero-order chi connectivity index (χ0) is 27.8. The first kappa shape index (κ1) is 26.6. The summed E-state index contributed by atoms with van der Waals surface area (Å²) in [6.07, 6.45) is -2.22. The first-order valence-electron chi connectivity index (χ1n) is 12.7. The SMILES string of the molecule is Cc1ccc(-n2ncc3c(=O)n(CC4(O)CCN(C(=O)C[C@@H](c5ccccc5)C(F)(F)F)CC4)cnc32)cc1. The molecule has 2 aromatic heterocycles. The van der Waals surface area contributed by atoms with E-state index < -0.39 is 30.0 Å². The Morgan fingerprint density at radius 2 is 1.74 bits per heavy atom. The lowest BCUT2D eigenvalue weighted by Crippen LogP contribution is -2.50. The van der Waals surface area contributed by atoms with E-state index in [1.165, 1.54) is 46.3 Å². The average Bonchev–Trinajstić information content (AvgIpc) is 3.34. The van der Waals surface area contributed by atoms with Gasteiger partial charge >= 0.3 is 6.18 Å². The number of alkyl halides is 3. The minimum absolute atomic E-state index is 0.0415. The van der Waals surface area contributed by atoms with Crippen LogP contribution in [0.2, 0.25) is 0 Å². The smallest absolute Gasteiger partial charge is 0.388 e. The number of nitrogens with zero attached hydrogens (tertiary/aromatic N) is 5. The molecule has 1 atom stereocenters. The Balaban J connectivity index is 1.26. The summed E-state index contributed by atoms with van der Waals surface area (Å²) in [5.41, 5.74) is 0.608. The molecule has 0 bridgehead atoms. The Morgan fingerprint density at radius 1 is 1.08 bits per heavy atom. The number of rotatable bonds is 6. The lowest BCUT2D eigenvalue weighted by atomic mass is 9.90. The number of aromatic nitrogens is 4. The highest BCUT2D eigenvalue weighted by molar-refractivity contribution is 5.77. The molecule has 204 valence electrons. The van der Waals surface area contributed by atoms with Gasteiger partial charge in [-0.25, -0.2) is 9.67 Å². The molecule has 0 saturated carbocycles. The fourth-order valence-electron chi connectivity index (χ4n) is 5.00. The number of halogens is 3. The van der Waals surface area contributed by atoms with Crippen molar-refractivity contribution in [2.45, 2.75) is 50.4 Å². The van der Waals surface area contributed by atoms with Crippen molar-refractivity contribution in [2.75, 3.05) is 13.1 Å². The van der Waals surface area contributed by atoms with Gasteiger partial charge in [0.15, 0.2) is 5.65 Å². The number of piperidine rings is 1. The van der Waals surface area contributed by atoms with Crippen molar-refractivity contribution in [2.24, 2.45) is 0 Å². The third-order valence-electron chi connectivity index (χ3n) is 7.32. The molecule has 1 aliphatic heterocycles. The Hall–Kier alpha value is -3.99. The summed E-state index contributed by atoms with van der Waals surface area (Å²) in [7, 11) is 0. The van der Waals surface area contributed by atoms with Gasteiger partial charge < -0.3 is 10.0 Å². The predicted octanol–water partition coefficient (Wildman–Crippen LogP) is 3.98. The first-order chi connectivity index (χ1) is 18.5. The number of likely N-dealkylation sites (tertiary alicyclic amines) is 1. The maximum absolute atomic E-state index is 13.7. The Bertz CT molecular complexity index is 1520. The fourth-order valence-corrected chi connectivity index (χ4v) is 5.00. The fraction of sp³-hybridized carbons (Fsp3) is 0.357. The van der Waals surface area contributed by atoms with Crippen molar-refractivity contribution in [1.29, 1.82) is 0 Å². The Morgan fingerprint density at radius 3 is 2.38 bits per heavy atom. The number of hydrogen-bond donors (Lipinski definition) is 1.